The summed E-state index contributed by atoms with van der Waals surface area (Å²) in [5.41, 5.74) is 7.38. The Balaban J connectivity index is 1.87. The molecule has 0 radical (unpaired) electrons. The van der Waals surface area contributed by atoms with Gasteiger partial charge in [-0.2, -0.15) is 5.10 Å². The Morgan fingerprint density at radius 2 is 2.25 bits per heavy atom. The third-order valence-electron chi connectivity index (χ3n) is 2.91. The summed E-state index contributed by atoms with van der Waals surface area (Å²) in [6.45, 7) is 6.19. The molecule has 0 aliphatic rings. The van der Waals surface area contributed by atoms with Crippen LogP contribution in [0.3, 0.4) is 0 Å². The van der Waals surface area contributed by atoms with Crippen LogP contribution < -0.4 is 11.1 Å². The summed E-state index contributed by atoms with van der Waals surface area (Å²) in [5, 5.41) is 16.1. The van der Waals surface area contributed by atoms with Crippen molar-refractivity contribution >= 4 is 22.4 Å². The van der Waals surface area contributed by atoms with Crippen LogP contribution in [0.1, 0.15) is 29.4 Å². The van der Waals surface area contributed by atoms with Gasteiger partial charge in [0.15, 0.2) is 0 Å². The number of nitrogens with one attached hydrogen (secondary N) is 1. The number of amides is 1. The Kier molecular flexibility index (Phi) is 4.33. The number of anilines is 1. The van der Waals surface area contributed by atoms with Crippen molar-refractivity contribution in [2.24, 2.45) is 0 Å². The summed E-state index contributed by atoms with van der Waals surface area (Å²) in [6.07, 6.45) is 0.629. The van der Waals surface area contributed by atoms with Gasteiger partial charge in [0.1, 0.15) is 11.0 Å². The van der Waals surface area contributed by atoms with Gasteiger partial charge < -0.3 is 11.1 Å². The van der Waals surface area contributed by atoms with Crippen molar-refractivity contribution in [3.05, 3.63) is 22.5 Å². The zero-order valence-corrected chi connectivity index (χ0v) is 12.6. The van der Waals surface area contributed by atoms with E-state index in [4.69, 9.17) is 5.73 Å². The number of hydrogen-bond acceptors (Lipinski definition) is 6. The lowest BCUT2D eigenvalue weighted by molar-refractivity contribution is -0.124. The van der Waals surface area contributed by atoms with Crippen molar-refractivity contribution in [2.45, 2.75) is 33.2 Å². The fraction of sp³-hybridized carbons (Fsp3) is 0.500. The predicted octanol–water partition coefficient (Wildman–Crippen LogP) is 0.854. The van der Waals surface area contributed by atoms with E-state index in [9.17, 15) is 4.79 Å². The zero-order valence-electron chi connectivity index (χ0n) is 11.8. The lowest BCUT2D eigenvalue weighted by atomic mass is 10.3. The molecule has 2 rings (SSSR count). The fourth-order valence-electron chi connectivity index (χ4n) is 1.96. The molecule has 0 saturated heterocycles. The molecule has 0 saturated carbocycles. The third-order valence-corrected chi connectivity index (χ3v) is 3.72. The Labute approximate surface area is 121 Å². The average Bonchev–Trinajstić information content (AvgIpc) is 2.94. The highest BCUT2D eigenvalue weighted by atomic mass is 32.1. The van der Waals surface area contributed by atoms with Crippen LogP contribution >= 0.6 is 11.3 Å². The molecule has 2 aromatic rings. The molecule has 3 N–H and O–H groups in total. The molecule has 0 unspecified atom stereocenters. The van der Waals surface area contributed by atoms with Crippen LogP contribution in [0.25, 0.3) is 0 Å². The van der Waals surface area contributed by atoms with Crippen LogP contribution in [0.2, 0.25) is 0 Å². The number of carbonyl (C=O) groups excluding carboxylic acids is 1. The van der Waals surface area contributed by atoms with Gasteiger partial charge in [-0.3, -0.25) is 9.48 Å². The maximum Gasteiger partial charge on any atom is 0.244 e. The van der Waals surface area contributed by atoms with E-state index < -0.39 is 0 Å². The van der Waals surface area contributed by atoms with Crippen molar-refractivity contribution in [3.8, 4) is 0 Å². The maximum atomic E-state index is 12.1. The number of aromatic nitrogens is 4. The highest BCUT2D eigenvalue weighted by Crippen LogP contribution is 2.12. The molecule has 2 aromatic heterocycles. The molecule has 1 amide bonds. The topological polar surface area (TPSA) is 98.7 Å². The highest BCUT2D eigenvalue weighted by Gasteiger charge is 2.17. The number of nitrogen functional groups attached to an aromatic ring is 1. The van der Waals surface area contributed by atoms with Crippen LogP contribution in [-0.2, 0) is 11.2 Å². The first kappa shape index (κ1) is 14.4. The minimum atomic E-state index is -0.330. The second kappa shape index (κ2) is 6.00. The van der Waals surface area contributed by atoms with Gasteiger partial charge in [0.25, 0.3) is 0 Å². The summed E-state index contributed by atoms with van der Waals surface area (Å²) in [6, 6.07) is 1.62. The third kappa shape index (κ3) is 3.32. The van der Waals surface area contributed by atoms with E-state index in [1.165, 1.54) is 11.3 Å². The van der Waals surface area contributed by atoms with E-state index in [0.29, 0.717) is 18.1 Å². The molecule has 0 aliphatic carbocycles. The Bertz CT molecular complexity index is 605. The molecule has 8 heteroatoms. The van der Waals surface area contributed by atoms with Gasteiger partial charge in [-0.25, -0.2) is 0 Å². The van der Waals surface area contributed by atoms with Gasteiger partial charge in [0.05, 0.1) is 5.69 Å². The van der Waals surface area contributed by atoms with Gasteiger partial charge >= 0.3 is 0 Å². The maximum absolute atomic E-state index is 12.1. The molecule has 20 heavy (non-hydrogen) atoms. The molecule has 7 nitrogen and oxygen atoms in total. The van der Waals surface area contributed by atoms with E-state index in [2.05, 4.69) is 20.6 Å². The van der Waals surface area contributed by atoms with Crippen molar-refractivity contribution < 1.29 is 4.79 Å². The normalized spacial score (nSPS) is 12.3. The molecule has 0 aliphatic heterocycles. The van der Waals surface area contributed by atoms with Crippen molar-refractivity contribution in [2.75, 3.05) is 12.3 Å². The Morgan fingerprint density at radius 1 is 1.50 bits per heavy atom. The smallest absolute Gasteiger partial charge is 0.244 e. The summed E-state index contributed by atoms with van der Waals surface area (Å²) < 4.78 is 1.73. The molecule has 2 heterocycles. The minimum Gasteiger partial charge on any atom is -0.374 e. The molecule has 0 fully saturated rings. The quantitative estimate of drug-likeness (QED) is 0.852. The molecular weight excluding hydrogens is 276 g/mol. The second-order valence-electron chi connectivity index (χ2n) is 4.62. The molecule has 0 bridgehead atoms. The monoisotopic (exact) mass is 294 g/mol. The minimum absolute atomic E-state index is 0.0614. The van der Waals surface area contributed by atoms with E-state index in [-0.39, 0.29) is 11.9 Å². The van der Waals surface area contributed by atoms with E-state index >= 15 is 0 Å². The molecule has 108 valence electrons. The number of carbonyl (C=O) groups is 1. The number of nitrogens with zero attached hydrogens (tertiary/aromatic N) is 4. The first-order chi connectivity index (χ1) is 9.47. The summed E-state index contributed by atoms with van der Waals surface area (Å²) >= 11 is 1.34. The second-order valence-corrected chi connectivity index (χ2v) is 5.72. The molecule has 0 spiro atoms. The average molecular weight is 294 g/mol. The van der Waals surface area contributed by atoms with Crippen LogP contribution in [-0.4, -0.2) is 32.4 Å². The van der Waals surface area contributed by atoms with Gasteiger partial charge in [0.2, 0.25) is 11.0 Å². The van der Waals surface area contributed by atoms with Crippen molar-refractivity contribution in [1.29, 1.82) is 0 Å². The fourth-order valence-corrected chi connectivity index (χ4v) is 2.57. The first-order valence-electron chi connectivity index (χ1n) is 6.35. The standard InChI is InChI=1S/C12H18N6OS/c1-7-6-8(2)18(17-7)9(3)11(19)14-5-4-10-15-16-12(13)20-10/h6,9H,4-5H2,1-3H3,(H2,13,16)(H,14,19)/t9-/m0/s1. The Hall–Kier alpha value is -1.96. The van der Waals surface area contributed by atoms with Crippen LogP contribution in [0.4, 0.5) is 5.13 Å². The summed E-state index contributed by atoms with van der Waals surface area (Å²) in [5.74, 6) is -0.0614. The van der Waals surface area contributed by atoms with Crippen LogP contribution in [0, 0.1) is 13.8 Å². The number of aryl methyl sites for hydroxylation is 2. The lowest BCUT2D eigenvalue weighted by Crippen LogP contribution is -2.33. The highest BCUT2D eigenvalue weighted by molar-refractivity contribution is 7.15. The van der Waals surface area contributed by atoms with Crippen molar-refractivity contribution in [3.63, 3.8) is 0 Å². The molecule has 1 atom stereocenters. The number of nitrogens with two attached hydrogens (primary N) is 1. The van der Waals surface area contributed by atoms with E-state index in [1.54, 1.807) is 4.68 Å². The van der Waals surface area contributed by atoms with Gasteiger partial charge in [-0.05, 0) is 26.8 Å². The largest absolute Gasteiger partial charge is 0.374 e. The predicted molar refractivity (Wildman–Crippen MR) is 77.4 cm³/mol. The van der Waals surface area contributed by atoms with Crippen LogP contribution in [0.5, 0.6) is 0 Å². The van der Waals surface area contributed by atoms with Gasteiger partial charge in [0, 0.05) is 18.7 Å². The van der Waals surface area contributed by atoms with Crippen molar-refractivity contribution in [1.82, 2.24) is 25.3 Å². The summed E-state index contributed by atoms with van der Waals surface area (Å²) in [7, 11) is 0. The van der Waals surface area contributed by atoms with E-state index in [1.807, 2.05) is 26.8 Å². The van der Waals surface area contributed by atoms with Gasteiger partial charge in [-0.15, -0.1) is 10.2 Å². The van der Waals surface area contributed by atoms with Gasteiger partial charge in [-0.1, -0.05) is 11.3 Å². The summed E-state index contributed by atoms with van der Waals surface area (Å²) in [4.78, 5) is 12.1. The molecule has 0 aromatic carbocycles. The van der Waals surface area contributed by atoms with Crippen LogP contribution in [0.15, 0.2) is 6.07 Å². The lowest BCUT2D eigenvalue weighted by Gasteiger charge is -2.14. The SMILES string of the molecule is Cc1cc(C)n([C@@H](C)C(=O)NCCc2nnc(N)s2)n1. The number of rotatable bonds is 5. The molecular formula is C12H18N6OS. The first-order valence-corrected chi connectivity index (χ1v) is 7.17. The number of hydrogen-bond donors (Lipinski definition) is 2. The zero-order chi connectivity index (χ0) is 14.7. The Morgan fingerprint density at radius 3 is 2.80 bits per heavy atom. The van der Waals surface area contributed by atoms with E-state index in [0.717, 1.165) is 16.4 Å².